The van der Waals surface area contributed by atoms with Gasteiger partial charge in [-0.2, -0.15) is 0 Å². The standard InChI is InChI=1S/C25H26N4O3S2/c1-15-10-16(2)13-27(12-15)22-19(23(30)28-8-4-6-17(3)21(28)26-22)11-20-24(31)29(25(33)34-20)14-18-7-5-9-32-18/h4-9,11,15-16H,10,12-14H2,1-3H3/b20-11-/t15-,16-/m1/s1. The second-order valence-electron chi connectivity index (χ2n) is 9.24. The lowest BCUT2D eigenvalue weighted by atomic mass is 9.91. The molecule has 1 amide bonds. The molecule has 0 aliphatic carbocycles. The van der Waals surface area contributed by atoms with Gasteiger partial charge in [-0.05, 0) is 55.0 Å². The van der Waals surface area contributed by atoms with Gasteiger partial charge in [0.15, 0.2) is 0 Å². The van der Waals surface area contributed by atoms with E-state index in [0.717, 1.165) is 25.1 Å². The fourth-order valence-corrected chi connectivity index (χ4v) is 6.07. The molecule has 34 heavy (non-hydrogen) atoms. The summed E-state index contributed by atoms with van der Waals surface area (Å²) in [5.74, 6) is 2.03. The number of hydrogen-bond acceptors (Lipinski definition) is 7. The first-order valence-electron chi connectivity index (χ1n) is 11.4. The molecule has 2 aliphatic heterocycles. The highest BCUT2D eigenvalue weighted by Crippen LogP contribution is 2.35. The SMILES string of the molecule is Cc1cccn2c(=O)c(/C=C3\SC(=S)N(Cc4ccco4)C3=O)c(N3C[C@H](C)C[C@@H](C)C3)nc12. The number of anilines is 1. The van der Waals surface area contributed by atoms with Crippen LogP contribution in [0, 0.1) is 18.8 Å². The molecule has 0 bridgehead atoms. The van der Waals surface area contributed by atoms with Crippen LogP contribution in [0.5, 0.6) is 0 Å². The number of carbonyl (C=O) groups excluding carboxylic acids is 1. The van der Waals surface area contributed by atoms with Gasteiger partial charge in [-0.15, -0.1) is 0 Å². The first-order chi connectivity index (χ1) is 16.3. The first-order valence-corrected chi connectivity index (χ1v) is 12.6. The van der Waals surface area contributed by atoms with Crippen molar-refractivity contribution in [2.45, 2.75) is 33.7 Å². The minimum Gasteiger partial charge on any atom is -0.467 e. The Hall–Kier alpha value is -2.91. The van der Waals surface area contributed by atoms with Crippen LogP contribution in [-0.2, 0) is 11.3 Å². The number of rotatable bonds is 4. The Morgan fingerprint density at radius 1 is 1.21 bits per heavy atom. The average Bonchev–Trinajstić information content (AvgIpc) is 3.39. The quantitative estimate of drug-likeness (QED) is 0.391. The third-order valence-electron chi connectivity index (χ3n) is 6.28. The zero-order valence-corrected chi connectivity index (χ0v) is 21.0. The van der Waals surface area contributed by atoms with E-state index < -0.39 is 0 Å². The summed E-state index contributed by atoms with van der Waals surface area (Å²) in [4.78, 5) is 36.0. The van der Waals surface area contributed by atoms with E-state index in [1.807, 2.05) is 19.1 Å². The van der Waals surface area contributed by atoms with Crippen LogP contribution in [0.25, 0.3) is 11.7 Å². The second kappa shape index (κ2) is 9.03. The Bertz CT molecular complexity index is 1350. The molecule has 2 fully saturated rings. The van der Waals surface area contributed by atoms with Crippen molar-refractivity contribution in [1.82, 2.24) is 14.3 Å². The van der Waals surface area contributed by atoms with Gasteiger partial charge in [0.25, 0.3) is 11.5 Å². The Labute approximate surface area is 207 Å². The van der Waals surface area contributed by atoms with Crippen LogP contribution in [0.4, 0.5) is 5.82 Å². The smallest absolute Gasteiger partial charge is 0.267 e. The second-order valence-corrected chi connectivity index (χ2v) is 10.9. The van der Waals surface area contributed by atoms with Crippen molar-refractivity contribution in [3.63, 3.8) is 0 Å². The summed E-state index contributed by atoms with van der Waals surface area (Å²) >= 11 is 6.68. The van der Waals surface area contributed by atoms with Crippen LogP contribution in [-0.4, -0.2) is 37.6 Å². The minimum absolute atomic E-state index is 0.189. The average molecular weight is 495 g/mol. The molecular formula is C25H26N4O3S2. The van der Waals surface area contributed by atoms with Crippen molar-refractivity contribution in [3.05, 3.63) is 68.9 Å². The van der Waals surface area contributed by atoms with Gasteiger partial charge < -0.3 is 9.32 Å². The van der Waals surface area contributed by atoms with Crippen molar-refractivity contribution < 1.29 is 9.21 Å². The lowest BCUT2D eigenvalue weighted by Gasteiger charge is -2.36. The van der Waals surface area contributed by atoms with E-state index in [0.29, 0.717) is 43.9 Å². The molecule has 3 aromatic rings. The fourth-order valence-electron chi connectivity index (χ4n) is 4.83. The zero-order chi connectivity index (χ0) is 24.0. The Kier molecular flexibility index (Phi) is 6.07. The Morgan fingerprint density at radius 2 is 1.97 bits per heavy atom. The minimum atomic E-state index is -0.230. The normalized spacial score (nSPS) is 22.4. The van der Waals surface area contributed by atoms with Crippen molar-refractivity contribution in [3.8, 4) is 0 Å². The van der Waals surface area contributed by atoms with Crippen LogP contribution in [0.2, 0.25) is 0 Å². The van der Waals surface area contributed by atoms with E-state index in [1.54, 1.807) is 35.1 Å². The Morgan fingerprint density at radius 3 is 2.68 bits per heavy atom. The number of piperidine rings is 1. The van der Waals surface area contributed by atoms with Crippen LogP contribution < -0.4 is 10.5 Å². The molecule has 0 unspecified atom stereocenters. The number of hydrogen-bond donors (Lipinski definition) is 0. The molecular weight excluding hydrogens is 468 g/mol. The number of nitrogens with zero attached hydrogens (tertiary/aromatic N) is 4. The molecule has 7 nitrogen and oxygen atoms in total. The molecule has 2 saturated heterocycles. The highest BCUT2D eigenvalue weighted by Gasteiger charge is 2.34. The number of aryl methyl sites for hydroxylation is 1. The molecule has 0 saturated carbocycles. The number of aromatic nitrogens is 2. The van der Waals surface area contributed by atoms with E-state index in [9.17, 15) is 9.59 Å². The number of amides is 1. The van der Waals surface area contributed by atoms with E-state index in [4.69, 9.17) is 21.6 Å². The van der Waals surface area contributed by atoms with Gasteiger partial charge in [0.05, 0.1) is 23.3 Å². The topological polar surface area (TPSA) is 71.1 Å². The summed E-state index contributed by atoms with van der Waals surface area (Å²) < 4.78 is 7.39. The predicted molar refractivity (Wildman–Crippen MR) is 139 cm³/mol. The number of furan rings is 1. The number of fused-ring (bicyclic) bond motifs is 1. The summed E-state index contributed by atoms with van der Waals surface area (Å²) in [5, 5.41) is 0. The van der Waals surface area contributed by atoms with E-state index >= 15 is 0 Å². The summed E-state index contributed by atoms with van der Waals surface area (Å²) in [7, 11) is 0. The molecule has 2 atom stereocenters. The Balaban J connectivity index is 1.61. The van der Waals surface area contributed by atoms with E-state index in [2.05, 4.69) is 18.7 Å². The molecule has 0 N–H and O–H groups in total. The van der Waals surface area contributed by atoms with Gasteiger partial charge in [-0.1, -0.05) is 43.9 Å². The zero-order valence-electron chi connectivity index (χ0n) is 19.4. The van der Waals surface area contributed by atoms with Crippen molar-refractivity contribution in [1.29, 1.82) is 0 Å². The summed E-state index contributed by atoms with van der Waals surface area (Å²) in [6.07, 6.45) is 6.11. The molecule has 0 radical (unpaired) electrons. The largest absolute Gasteiger partial charge is 0.467 e. The third kappa shape index (κ3) is 4.18. The van der Waals surface area contributed by atoms with Crippen molar-refractivity contribution in [2.24, 2.45) is 11.8 Å². The molecule has 5 heterocycles. The van der Waals surface area contributed by atoms with Crippen molar-refractivity contribution >= 4 is 51.7 Å². The maximum Gasteiger partial charge on any atom is 0.267 e. The summed E-state index contributed by atoms with van der Waals surface area (Å²) in [6, 6.07) is 7.37. The van der Waals surface area contributed by atoms with E-state index in [-0.39, 0.29) is 18.0 Å². The molecule has 2 aliphatic rings. The maximum atomic E-state index is 13.7. The molecule has 0 aromatic carbocycles. The molecule has 3 aromatic heterocycles. The van der Waals surface area contributed by atoms with Crippen LogP contribution >= 0.6 is 24.0 Å². The lowest BCUT2D eigenvalue weighted by Crippen LogP contribution is -2.40. The summed E-state index contributed by atoms with van der Waals surface area (Å²) in [5.41, 5.74) is 1.79. The van der Waals surface area contributed by atoms with Crippen LogP contribution in [0.15, 0.2) is 50.8 Å². The van der Waals surface area contributed by atoms with E-state index in [1.165, 1.54) is 16.7 Å². The summed E-state index contributed by atoms with van der Waals surface area (Å²) in [6.45, 7) is 8.30. The highest BCUT2D eigenvalue weighted by atomic mass is 32.2. The molecule has 9 heteroatoms. The van der Waals surface area contributed by atoms with Gasteiger partial charge in [0, 0.05) is 19.3 Å². The number of pyridine rings is 1. The van der Waals surface area contributed by atoms with Gasteiger partial charge in [0.1, 0.15) is 21.5 Å². The van der Waals surface area contributed by atoms with Crippen LogP contribution in [0.1, 0.15) is 37.2 Å². The fraction of sp³-hybridized carbons (Fsp3) is 0.360. The lowest BCUT2D eigenvalue weighted by molar-refractivity contribution is -0.122. The highest BCUT2D eigenvalue weighted by molar-refractivity contribution is 8.26. The van der Waals surface area contributed by atoms with Crippen LogP contribution in [0.3, 0.4) is 0 Å². The first kappa shape index (κ1) is 22.9. The van der Waals surface area contributed by atoms with Crippen molar-refractivity contribution in [2.75, 3.05) is 18.0 Å². The maximum absolute atomic E-state index is 13.7. The predicted octanol–water partition coefficient (Wildman–Crippen LogP) is 4.48. The third-order valence-corrected chi connectivity index (χ3v) is 7.65. The number of carbonyl (C=O) groups is 1. The van der Waals surface area contributed by atoms with Gasteiger partial charge in [-0.3, -0.25) is 18.9 Å². The molecule has 0 spiro atoms. The molecule has 5 rings (SSSR count). The number of thioether (sulfide) groups is 1. The van der Waals surface area contributed by atoms with Gasteiger partial charge >= 0.3 is 0 Å². The number of thiocarbonyl (C=S) groups is 1. The van der Waals surface area contributed by atoms with Gasteiger partial charge in [-0.25, -0.2) is 4.98 Å². The van der Waals surface area contributed by atoms with Gasteiger partial charge in [0.2, 0.25) is 0 Å². The molecule has 176 valence electrons. The monoisotopic (exact) mass is 494 g/mol.